The van der Waals surface area contributed by atoms with Crippen LogP contribution in [0.2, 0.25) is 0 Å². The van der Waals surface area contributed by atoms with Gasteiger partial charge in [0, 0.05) is 0 Å². The summed E-state index contributed by atoms with van der Waals surface area (Å²) in [6.45, 7) is 5.67. The molecule has 1 aromatic heterocycles. The Morgan fingerprint density at radius 2 is 1.82 bits per heavy atom. The highest BCUT2D eigenvalue weighted by Gasteiger charge is 2.22. The van der Waals surface area contributed by atoms with Gasteiger partial charge in [-0.25, -0.2) is 4.79 Å². The molecule has 90 valence electrons. The Morgan fingerprint density at radius 3 is 2.29 bits per heavy atom. The zero-order valence-electron chi connectivity index (χ0n) is 10.2. The van der Waals surface area contributed by atoms with Crippen molar-refractivity contribution in [3.8, 4) is 0 Å². The largest absolute Gasteiger partial charge is 0.452 e. The number of hydrogen-bond acceptors (Lipinski definition) is 4. The zero-order valence-corrected chi connectivity index (χ0v) is 10.2. The molecule has 2 rings (SSSR count). The molecule has 0 fully saturated rings. The molecule has 0 spiro atoms. The molecule has 0 aliphatic carbocycles. The Balaban J connectivity index is 2.25. The molecule has 0 aliphatic rings. The molecule has 0 aliphatic heterocycles. The van der Waals surface area contributed by atoms with Crippen LogP contribution in [0.5, 0.6) is 0 Å². The summed E-state index contributed by atoms with van der Waals surface area (Å²) in [7, 11) is 0. The Hall–Kier alpha value is -1.91. The van der Waals surface area contributed by atoms with Gasteiger partial charge in [0.15, 0.2) is 0 Å². The number of nitrogens with zero attached hydrogens (tertiary/aromatic N) is 3. The van der Waals surface area contributed by atoms with Crippen molar-refractivity contribution in [2.45, 2.75) is 32.8 Å². The van der Waals surface area contributed by atoms with E-state index >= 15 is 0 Å². The fourth-order valence-electron chi connectivity index (χ4n) is 1.29. The number of rotatable bonds is 2. The Bertz CT molecular complexity index is 512. The van der Waals surface area contributed by atoms with Gasteiger partial charge in [-0.1, -0.05) is 23.9 Å². The van der Waals surface area contributed by atoms with Crippen LogP contribution in [0.1, 0.15) is 27.2 Å². The number of aromatic nitrogens is 3. The van der Waals surface area contributed by atoms with Crippen LogP contribution in [0.25, 0.3) is 11.0 Å². The molecule has 0 N–H and O–H groups in total. The van der Waals surface area contributed by atoms with E-state index in [1.165, 1.54) is 0 Å². The minimum atomic E-state index is -0.548. The number of fused-ring (bicyclic) bond motifs is 1. The highest BCUT2D eigenvalue weighted by atomic mass is 16.6. The SMILES string of the molecule is CCC(C)(C)OC(=O)n1nc2ccccc2n1. The standard InChI is InChI=1S/C12H15N3O2/c1-4-12(2,3)17-11(16)15-13-9-7-5-6-8-10(9)14-15/h5-8H,4H2,1-3H3. The third-order valence-corrected chi connectivity index (χ3v) is 2.66. The first-order valence-electron chi connectivity index (χ1n) is 5.57. The number of benzene rings is 1. The third kappa shape index (κ3) is 2.43. The predicted molar refractivity (Wildman–Crippen MR) is 63.8 cm³/mol. The van der Waals surface area contributed by atoms with Gasteiger partial charge >= 0.3 is 6.09 Å². The summed E-state index contributed by atoms with van der Waals surface area (Å²) in [5, 5.41) is 8.12. The molecule has 0 radical (unpaired) electrons. The molecule has 2 aromatic rings. The van der Waals surface area contributed by atoms with E-state index < -0.39 is 11.7 Å². The number of hydrogen-bond donors (Lipinski definition) is 0. The minimum absolute atomic E-state index is 0.503. The second-order valence-electron chi connectivity index (χ2n) is 4.46. The second kappa shape index (κ2) is 4.16. The first kappa shape index (κ1) is 11.6. The van der Waals surface area contributed by atoms with Crippen molar-refractivity contribution in [1.29, 1.82) is 0 Å². The molecule has 1 heterocycles. The fraction of sp³-hybridized carbons (Fsp3) is 0.417. The lowest BCUT2D eigenvalue weighted by atomic mass is 10.1. The molecule has 5 heteroatoms. The first-order chi connectivity index (χ1) is 8.02. The van der Waals surface area contributed by atoms with E-state index in [4.69, 9.17) is 4.74 Å². The zero-order chi connectivity index (χ0) is 12.5. The van der Waals surface area contributed by atoms with E-state index in [0.717, 1.165) is 11.2 Å². The maximum absolute atomic E-state index is 11.8. The molecule has 0 bridgehead atoms. The molecular weight excluding hydrogens is 218 g/mol. The molecule has 0 atom stereocenters. The van der Waals surface area contributed by atoms with E-state index in [0.29, 0.717) is 11.0 Å². The van der Waals surface area contributed by atoms with Gasteiger partial charge in [-0.2, -0.15) is 0 Å². The van der Waals surface area contributed by atoms with Crippen molar-refractivity contribution in [3.63, 3.8) is 0 Å². The normalized spacial score (nSPS) is 11.7. The van der Waals surface area contributed by atoms with E-state index in [2.05, 4.69) is 10.2 Å². The number of ether oxygens (including phenoxy) is 1. The summed E-state index contributed by atoms with van der Waals surface area (Å²) in [4.78, 5) is 12.8. The monoisotopic (exact) mass is 233 g/mol. The molecule has 0 saturated heterocycles. The smallest absolute Gasteiger partial charge is 0.441 e. The van der Waals surface area contributed by atoms with Gasteiger partial charge in [-0.15, -0.1) is 10.2 Å². The maximum Gasteiger partial charge on any atom is 0.452 e. The molecule has 0 saturated carbocycles. The predicted octanol–water partition coefficient (Wildman–Crippen LogP) is 2.60. The van der Waals surface area contributed by atoms with Crippen LogP contribution < -0.4 is 0 Å². The van der Waals surface area contributed by atoms with Gasteiger partial charge < -0.3 is 4.74 Å². The van der Waals surface area contributed by atoms with Crippen molar-refractivity contribution in [1.82, 2.24) is 15.0 Å². The van der Waals surface area contributed by atoms with Gasteiger partial charge in [0.25, 0.3) is 0 Å². The molecule has 17 heavy (non-hydrogen) atoms. The number of carbonyl (C=O) groups is 1. The summed E-state index contributed by atoms with van der Waals surface area (Å²) in [5.74, 6) is 0. The fourth-order valence-corrected chi connectivity index (χ4v) is 1.29. The van der Waals surface area contributed by atoms with E-state index in [1.54, 1.807) is 12.1 Å². The average Bonchev–Trinajstić information content (AvgIpc) is 2.72. The van der Waals surface area contributed by atoms with E-state index in [1.807, 2.05) is 32.9 Å². The van der Waals surface area contributed by atoms with Gasteiger partial charge in [0.1, 0.15) is 16.6 Å². The third-order valence-electron chi connectivity index (χ3n) is 2.66. The topological polar surface area (TPSA) is 57.0 Å². The lowest BCUT2D eigenvalue weighted by molar-refractivity contribution is 0.0330. The first-order valence-corrected chi connectivity index (χ1v) is 5.57. The molecule has 0 unspecified atom stereocenters. The van der Waals surface area contributed by atoms with Crippen molar-refractivity contribution in [3.05, 3.63) is 24.3 Å². The van der Waals surface area contributed by atoms with Crippen LogP contribution in [0.15, 0.2) is 24.3 Å². The summed E-state index contributed by atoms with van der Waals surface area (Å²) in [6, 6.07) is 7.31. The minimum Gasteiger partial charge on any atom is -0.441 e. The molecule has 0 amide bonds. The summed E-state index contributed by atoms with van der Waals surface area (Å²) >= 11 is 0. The van der Waals surface area contributed by atoms with Gasteiger partial charge in [0.05, 0.1) is 0 Å². The summed E-state index contributed by atoms with van der Waals surface area (Å²) < 4.78 is 5.30. The van der Waals surface area contributed by atoms with Gasteiger partial charge in [0.2, 0.25) is 0 Å². The van der Waals surface area contributed by atoms with Crippen LogP contribution in [0, 0.1) is 0 Å². The Labute approximate surface area is 99.4 Å². The number of carbonyl (C=O) groups excluding carboxylic acids is 1. The van der Waals surface area contributed by atoms with Crippen LogP contribution >= 0.6 is 0 Å². The summed E-state index contributed by atoms with van der Waals surface area (Å²) in [6.07, 6.45) is 0.188. The molecule has 5 nitrogen and oxygen atoms in total. The quantitative estimate of drug-likeness (QED) is 0.800. The van der Waals surface area contributed by atoms with Crippen LogP contribution in [-0.2, 0) is 4.74 Å². The highest BCUT2D eigenvalue weighted by Crippen LogP contribution is 2.15. The van der Waals surface area contributed by atoms with E-state index in [-0.39, 0.29) is 0 Å². The Morgan fingerprint density at radius 1 is 1.29 bits per heavy atom. The lowest BCUT2D eigenvalue weighted by Gasteiger charge is -2.22. The van der Waals surface area contributed by atoms with Crippen LogP contribution in [-0.4, -0.2) is 26.7 Å². The van der Waals surface area contributed by atoms with Gasteiger partial charge in [-0.05, 0) is 32.4 Å². The van der Waals surface area contributed by atoms with Crippen molar-refractivity contribution >= 4 is 17.1 Å². The van der Waals surface area contributed by atoms with Crippen molar-refractivity contribution < 1.29 is 9.53 Å². The van der Waals surface area contributed by atoms with Crippen LogP contribution in [0.3, 0.4) is 0 Å². The van der Waals surface area contributed by atoms with Crippen LogP contribution in [0.4, 0.5) is 4.79 Å². The lowest BCUT2D eigenvalue weighted by Crippen LogP contribution is -2.30. The van der Waals surface area contributed by atoms with Crippen molar-refractivity contribution in [2.75, 3.05) is 0 Å². The molecule has 1 aromatic carbocycles. The maximum atomic E-state index is 11.8. The Kier molecular flexibility index (Phi) is 2.83. The highest BCUT2D eigenvalue weighted by molar-refractivity contribution is 5.77. The van der Waals surface area contributed by atoms with Gasteiger partial charge in [-0.3, -0.25) is 0 Å². The van der Waals surface area contributed by atoms with Crippen molar-refractivity contribution in [2.24, 2.45) is 0 Å². The second-order valence-corrected chi connectivity index (χ2v) is 4.46. The summed E-state index contributed by atoms with van der Waals surface area (Å²) in [5.41, 5.74) is 0.856. The van der Waals surface area contributed by atoms with E-state index in [9.17, 15) is 4.79 Å². The molecular formula is C12H15N3O2. The average molecular weight is 233 g/mol.